The number of piperidine rings is 2. The number of aromatic nitrogens is 1. The molecule has 4 fully saturated rings. The molecule has 3 aliphatic heterocycles. The zero-order valence-electron chi connectivity index (χ0n) is 17.9. The van der Waals surface area contributed by atoms with Crippen molar-refractivity contribution in [3.05, 3.63) is 22.8 Å². The van der Waals surface area contributed by atoms with Crippen molar-refractivity contribution in [2.45, 2.75) is 44.2 Å². The van der Waals surface area contributed by atoms with Crippen molar-refractivity contribution in [2.75, 3.05) is 44.2 Å². The average molecular weight is 443 g/mol. The van der Waals surface area contributed by atoms with Gasteiger partial charge in [0.05, 0.1) is 16.5 Å². The van der Waals surface area contributed by atoms with E-state index in [1.807, 2.05) is 0 Å². The molecule has 5 atom stereocenters. The first kappa shape index (κ1) is 21.0. The highest BCUT2D eigenvalue weighted by Crippen LogP contribution is 2.39. The van der Waals surface area contributed by atoms with Crippen molar-refractivity contribution in [3.63, 3.8) is 0 Å². The van der Waals surface area contributed by atoms with Crippen molar-refractivity contribution in [3.8, 4) is 6.07 Å². The largest absolute Gasteiger partial charge is 0.353 e. The molecule has 5 unspecified atom stereocenters. The minimum Gasteiger partial charge on any atom is -0.353 e. The number of rotatable bonds is 3. The fourth-order valence-electron chi connectivity index (χ4n) is 6.22. The van der Waals surface area contributed by atoms with Crippen LogP contribution < -0.4 is 15.5 Å². The summed E-state index contributed by atoms with van der Waals surface area (Å²) in [5, 5.41) is 16.6. The van der Waals surface area contributed by atoms with Gasteiger partial charge >= 0.3 is 0 Å². The van der Waals surface area contributed by atoms with Crippen LogP contribution in [0, 0.1) is 29.1 Å². The molecule has 2 N–H and O–H groups in total. The van der Waals surface area contributed by atoms with Crippen LogP contribution in [0.4, 0.5) is 5.82 Å². The molecule has 4 aliphatic rings. The first-order valence-corrected chi connectivity index (χ1v) is 12.1. The Hall–Kier alpha value is -1.88. The fourth-order valence-corrected chi connectivity index (χ4v) is 6.51. The van der Waals surface area contributed by atoms with Gasteiger partial charge in [0.25, 0.3) is 0 Å². The van der Waals surface area contributed by atoms with E-state index in [0.29, 0.717) is 34.5 Å². The summed E-state index contributed by atoms with van der Waals surface area (Å²) >= 11 is 6.35. The molecule has 7 nitrogen and oxygen atoms in total. The number of hydrogen-bond acceptors (Lipinski definition) is 6. The van der Waals surface area contributed by atoms with E-state index in [1.165, 1.54) is 12.8 Å². The van der Waals surface area contributed by atoms with E-state index in [0.717, 1.165) is 64.3 Å². The number of carbonyl (C=O) groups is 1. The lowest BCUT2D eigenvalue weighted by atomic mass is 9.67. The molecular formula is C23H31ClN6O. The Morgan fingerprint density at radius 3 is 2.84 bits per heavy atom. The van der Waals surface area contributed by atoms with Gasteiger partial charge in [-0.25, -0.2) is 4.98 Å². The van der Waals surface area contributed by atoms with E-state index in [-0.39, 0.29) is 11.8 Å². The second kappa shape index (κ2) is 8.93. The third kappa shape index (κ3) is 4.26. The Bertz CT molecular complexity index is 864. The molecule has 0 radical (unpaired) electrons. The summed E-state index contributed by atoms with van der Waals surface area (Å²) in [5.74, 6) is 2.48. The number of hydrogen-bond donors (Lipinski definition) is 2. The van der Waals surface area contributed by atoms with E-state index >= 15 is 0 Å². The number of halogens is 1. The van der Waals surface area contributed by atoms with Gasteiger partial charge in [0.2, 0.25) is 5.91 Å². The number of piperazine rings is 1. The minimum atomic E-state index is 0.183. The van der Waals surface area contributed by atoms with Crippen LogP contribution in [-0.4, -0.2) is 67.1 Å². The number of nitriles is 1. The van der Waals surface area contributed by atoms with Crippen molar-refractivity contribution in [1.82, 2.24) is 20.5 Å². The SMILES string of the molecule is N#Cc1cnc(N2CCN(CC3CCC4C(C3)NC(=O)C3CCCNC34)CC2)c(Cl)c1. The summed E-state index contributed by atoms with van der Waals surface area (Å²) in [6.07, 6.45) is 7.32. The molecule has 0 bridgehead atoms. The molecule has 0 aromatic carbocycles. The van der Waals surface area contributed by atoms with E-state index < -0.39 is 0 Å². The maximum Gasteiger partial charge on any atom is 0.224 e. The van der Waals surface area contributed by atoms with E-state index in [1.54, 1.807) is 12.3 Å². The molecule has 1 aromatic heterocycles. The van der Waals surface area contributed by atoms with Gasteiger partial charge in [-0.1, -0.05) is 11.6 Å². The first-order chi connectivity index (χ1) is 15.1. The molecule has 1 aliphatic carbocycles. The summed E-state index contributed by atoms with van der Waals surface area (Å²) in [6.45, 7) is 5.92. The van der Waals surface area contributed by atoms with Crippen molar-refractivity contribution < 1.29 is 4.79 Å². The lowest BCUT2D eigenvalue weighted by Crippen LogP contribution is -2.64. The summed E-state index contributed by atoms with van der Waals surface area (Å²) in [7, 11) is 0. The van der Waals surface area contributed by atoms with Crippen LogP contribution in [0.5, 0.6) is 0 Å². The molecule has 0 spiro atoms. The molecule has 1 saturated carbocycles. The lowest BCUT2D eigenvalue weighted by molar-refractivity contribution is -0.133. The second-order valence-corrected chi connectivity index (χ2v) is 10.0. The van der Waals surface area contributed by atoms with Crippen LogP contribution in [0.2, 0.25) is 5.02 Å². The number of carbonyl (C=O) groups excluding carboxylic acids is 1. The number of anilines is 1. The second-order valence-electron chi connectivity index (χ2n) is 9.62. The summed E-state index contributed by atoms with van der Waals surface area (Å²) in [5.41, 5.74) is 0.493. The molecule has 1 aromatic rings. The minimum absolute atomic E-state index is 0.183. The smallest absolute Gasteiger partial charge is 0.224 e. The Labute approximate surface area is 189 Å². The van der Waals surface area contributed by atoms with Gasteiger partial charge in [-0.15, -0.1) is 0 Å². The van der Waals surface area contributed by atoms with Gasteiger partial charge in [-0.05, 0) is 56.6 Å². The highest BCUT2D eigenvalue weighted by molar-refractivity contribution is 6.33. The van der Waals surface area contributed by atoms with Crippen LogP contribution in [0.1, 0.15) is 37.7 Å². The topological polar surface area (TPSA) is 84.3 Å². The molecular weight excluding hydrogens is 412 g/mol. The van der Waals surface area contributed by atoms with Crippen molar-refractivity contribution >= 4 is 23.3 Å². The number of amides is 1. The first-order valence-electron chi connectivity index (χ1n) is 11.7. The van der Waals surface area contributed by atoms with Gasteiger partial charge in [0.1, 0.15) is 11.9 Å². The normalized spacial score (nSPS) is 33.7. The van der Waals surface area contributed by atoms with Crippen LogP contribution in [0.15, 0.2) is 12.3 Å². The zero-order valence-corrected chi connectivity index (χ0v) is 18.7. The van der Waals surface area contributed by atoms with Crippen LogP contribution in [0.3, 0.4) is 0 Å². The Morgan fingerprint density at radius 1 is 1.23 bits per heavy atom. The highest BCUT2D eigenvalue weighted by atomic mass is 35.5. The zero-order chi connectivity index (χ0) is 21.4. The number of pyridine rings is 1. The molecule has 1 amide bonds. The van der Waals surface area contributed by atoms with Crippen molar-refractivity contribution in [2.24, 2.45) is 17.8 Å². The number of nitrogens with one attached hydrogen (secondary N) is 2. The highest BCUT2D eigenvalue weighted by Gasteiger charge is 2.47. The fraction of sp³-hybridized carbons (Fsp3) is 0.696. The van der Waals surface area contributed by atoms with Gasteiger partial charge in [-0.2, -0.15) is 5.26 Å². The molecule has 3 saturated heterocycles. The van der Waals surface area contributed by atoms with Gasteiger partial charge in [-0.3, -0.25) is 9.69 Å². The molecule has 166 valence electrons. The van der Waals surface area contributed by atoms with Gasteiger partial charge < -0.3 is 15.5 Å². The van der Waals surface area contributed by atoms with E-state index in [2.05, 4.69) is 31.5 Å². The Morgan fingerprint density at radius 2 is 2.06 bits per heavy atom. The summed E-state index contributed by atoms with van der Waals surface area (Å²) < 4.78 is 0. The predicted octanol–water partition coefficient (Wildman–Crippen LogP) is 2.01. The van der Waals surface area contributed by atoms with Gasteiger partial charge in [0, 0.05) is 51.0 Å². The monoisotopic (exact) mass is 442 g/mol. The molecule has 5 rings (SSSR count). The number of nitrogens with zero attached hydrogens (tertiary/aromatic N) is 4. The Kier molecular flexibility index (Phi) is 6.05. The average Bonchev–Trinajstić information content (AvgIpc) is 2.80. The summed E-state index contributed by atoms with van der Waals surface area (Å²) in [4.78, 5) is 21.8. The summed E-state index contributed by atoms with van der Waals surface area (Å²) in [6, 6.07) is 4.50. The molecule has 4 heterocycles. The van der Waals surface area contributed by atoms with Crippen LogP contribution >= 0.6 is 11.6 Å². The third-order valence-electron chi connectivity index (χ3n) is 7.78. The Balaban J connectivity index is 1.14. The maximum absolute atomic E-state index is 12.6. The molecule has 8 heteroatoms. The van der Waals surface area contributed by atoms with Gasteiger partial charge in [0.15, 0.2) is 0 Å². The maximum atomic E-state index is 12.6. The van der Waals surface area contributed by atoms with Crippen LogP contribution in [0.25, 0.3) is 0 Å². The predicted molar refractivity (Wildman–Crippen MR) is 120 cm³/mol. The van der Waals surface area contributed by atoms with Crippen LogP contribution in [-0.2, 0) is 4.79 Å². The van der Waals surface area contributed by atoms with E-state index in [4.69, 9.17) is 16.9 Å². The third-order valence-corrected chi connectivity index (χ3v) is 8.06. The van der Waals surface area contributed by atoms with E-state index in [9.17, 15) is 4.79 Å². The molecule has 31 heavy (non-hydrogen) atoms. The standard InChI is InChI=1S/C23H31ClN6O/c24-19-10-16(12-25)13-27-22(19)30-8-6-29(7-9-30)14-15-3-4-17-20(11-15)28-23(31)18-2-1-5-26-21(17)18/h10,13,15,17-18,20-21,26H,1-9,11,14H2,(H,28,31). The quantitative estimate of drug-likeness (QED) is 0.745. The van der Waals surface area contributed by atoms with Crippen molar-refractivity contribution in [1.29, 1.82) is 5.26 Å². The number of fused-ring (bicyclic) bond motifs is 3. The lowest BCUT2D eigenvalue weighted by Gasteiger charge is -2.50.